The average Bonchev–Trinajstić information content (AvgIpc) is 3.30. The third-order valence-electron chi connectivity index (χ3n) is 10.6. The number of benzene rings is 5. The van der Waals surface area contributed by atoms with Gasteiger partial charge in [0.2, 0.25) is 5.79 Å². The largest absolute Gasteiger partial charge is 0.497 e. The van der Waals surface area contributed by atoms with E-state index in [4.69, 9.17) is 59.0 Å². The molecule has 2 aliphatic heterocycles. The molecule has 314 valence electrons. The van der Waals surface area contributed by atoms with Crippen molar-refractivity contribution in [2.75, 3.05) is 35.0 Å². The van der Waals surface area contributed by atoms with Crippen LogP contribution in [0.4, 0.5) is 0 Å². The molecule has 5 aromatic carbocycles. The number of hydrogen-bond donors (Lipinski definition) is 1. The van der Waals surface area contributed by atoms with Crippen molar-refractivity contribution in [3.63, 3.8) is 0 Å². The number of aliphatic hydroxyl groups excluding tert-OH is 1. The Hall–Kier alpha value is -5.44. The number of fused-ring (bicyclic) bond motifs is 1. The first-order chi connectivity index (χ1) is 29.3. The molecule has 7 rings (SSSR count). The van der Waals surface area contributed by atoms with Crippen LogP contribution in [0.15, 0.2) is 122 Å². The molecule has 1 saturated heterocycles. The Labute approximate surface area is 354 Å². The molecule has 0 aromatic heterocycles. The lowest BCUT2D eigenvalue weighted by molar-refractivity contribution is -0.401. The SMILES string of the molecule is COc1ccc(CO[C@@H]2[C@@H](OCc3ccc(OC)cc3)[C@](OC)(c3ccc(Cl)c(Cc4ccc5c(c4)OC=CO5)c3)O[C@@](C=O)(CO)[C@H]2OCc2ccc(OC)cc2)cc1. The van der Waals surface area contributed by atoms with Crippen molar-refractivity contribution < 1.29 is 57.3 Å². The molecule has 0 bridgehead atoms. The molecule has 0 unspecified atom stereocenters. The molecule has 0 aliphatic carbocycles. The van der Waals surface area contributed by atoms with Gasteiger partial charge < -0.3 is 52.5 Å². The van der Waals surface area contributed by atoms with Gasteiger partial charge in [0.25, 0.3) is 0 Å². The highest BCUT2D eigenvalue weighted by atomic mass is 35.5. The molecule has 0 amide bonds. The minimum absolute atomic E-state index is 0.0254. The predicted octanol–water partition coefficient (Wildman–Crippen LogP) is 7.71. The number of ether oxygens (including phenoxy) is 10. The standard InChI is InChI=1S/C47H47ClO12/c1-51-37-13-5-31(6-14-37)26-57-43-44(58-27-32-7-15-38(52-2)16-8-32)46(29-49,30-50)60-47(54-4,45(43)59-28-33-9-17-39(53-3)18-10-33)36-12-19-40(48)35(25-36)23-34-11-20-41-42(24-34)56-22-21-55-41/h5-22,24-25,29,43-45,50H,23,26-28,30H2,1-4H3/t43-,44-,45+,46-,47-/m0/s1. The van der Waals surface area contributed by atoms with Crippen LogP contribution in [0.3, 0.4) is 0 Å². The molecule has 13 heteroatoms. The summed E-state index contributed by atoms with van der Waals surface area (Å²) in [7, 11) is 6.24. The topological polar surface area (TPSA) is 130 Å². The zero-order valence-corrected chi connectivity index (χ0v) is 34.5. The maximum Gasteiger partial charge on any atom is 0.225 e. The third-order valence-corrected chi connectivity index (χ3v) is 11.0. The molecule has 60 heavy (non-hydrogen) atoms. The number of aliphatic hydroxyl groups is 1. The van der Waals surface area contributed by atoms with Crippen molar-refractivity contribution >= 4 is 17.9 Å². The van der Waals surface area contributed by atoms with E-state index in [1.54, 1.807) is 33.5 Å². The lowest BCUT2D eigenvalue weighted by atomic mass is 9.80. The lowest BCUT2D eigenvalue weighted by Crippen LogP contribution is -2.72. The smallest absolute Gasteiger partial charge is 0.225 e. The monoisotopic (exact) mass is 838 g/mol. The summed E-state index contributed by atoms with van der Waals surface area (Å²) in [5, 5.41) is 11.7. The quantitative estimate of drug-likeness (QED) is 0.0868. The van der Waals surface area contributed by atoms with Gasteiger partial charge in [0.05, 0.1) is 47.8 Å². The van der Waals surface area contributed by atoms with Crippen LogP contribution >= 0.6 is 11.6 Å². The minimum Gasteiger partial charge on any atom is -0.497 e. The van der Waals surface area contributed by atoms with Crippen LogP contribution in [0.1, 0.15) is 33.4 Å². The summed E-state index contributed by atoms with van der Waals surface area (Å²) in [5.74, 6) is 1.30. The molecule has 0 spiro atoms. The van der Waals surface area contributed by atoms with E-state index in [0.29, 0.717) is 57.6 Å². The fourth-order valence-corrected chi connectivity index (χ4v) is 7.53. The van der Waals surface area contributed by atoms with Gasteiger partial charge in [-0.25, -0.2) is 0 Å². The van der Waals surface area contributed by atoms with Gasteiger partial charge in [0.15, 0.2) is 23.4 Å². The van der Waals surface area contributed by atoms with E-state index in [1.807, 2.05) is 97.1 Å². The van der Waals surface area contributed by atoms with Gasteiger partial charge in [0, 0.05) is 17.7 Å². The van der Waals surface area contributed by atoms with E-state index in [-0.39, 0.29) is 19.8 Å². The summed E-state index contributed by atoms with van der Waals surface area (Å²) >= 11 is 6.89. The number of aldehydes is 1. The van der Waals surface area contributed by atoms with Crippen molar-refractivity contribution in [1.29, 1.82) is 0 Å². The van der Waals surface area contributed by atoms with E-state index < -0.39 is 36.3 Å². The summed E-state index contributed by atoms with van der Waals surface area (Å²) in [6, 6.07) is 33.1. The van der Waals surface area contributed by atoms with Crippen molar-refractivity contribution in [3.05, 3.63) is 160 Å². The summed E-state index contributed by atoms with van der Waals surface area (Å²) in [6.07, 6.45) is 0.423. The van der Waals surface area contributed by atoms with Crippen molar-refractivity contribution in [2.45, 2.75) is 55.9 Å². The van der Waals surface area contributed by atoms with Crippen molar-refractivity contribution in [2.24, 2.45) is 0 Å². The first-order valence-electron chi connectivity index (χ1n) is 19.2. The molecule has 1 fully saturated rings. The zero-order chi connectivity index (χ0) is 42.1. The fraction of sp³-hybridized carbons (Fsp3) is 0.298. The van der Waals surface area contributed by atoms with Gasteiger partial charge in [-0.3, -0.25) is 4.79 Å². The molecule has 0 saturated carbocycles. The maximum absolute atomic E-state index is 13.6. The van der Waals surface area contributed by atoms with Gasteiger partial charge in [-0.2, -0.15) is 0 Å². The Bertz CT molecular complexity index is 2230. The Morgan fingerprint density at radius 3 is 1.67 bits per heavy atom. The molecular weight excluding hydrogens is 792 g/mol. The van der Waals surface area contributed by atoms with E-state index in [2.05, 4.69) is 0 Å². The Morgan fingerprint density at radius 1 is 0.633 bits per heavy atom. The molecular formula is C47H47ClO12. The average molecular weight is 839 g/mol. The first kappa shape index (κ1) is 42.7. The highest BCUT2D eigenvalue weighted by Gasteiger charge is 2.64. The summed E-state index contributed by atoms with van der Waals surface area (Å²) < 4.78 is 61.0. The second kappa shape index (κ2) is 19.3. The van der Waals surface area contributed by atoms with Gasteiger partial charge in [-0.1, -0.05) is 60.1 Å². The van der Waals surface area contributed by atoms with Gasteiger partial charge in [-0.05, 0) is 94.9 Å². The molecule has 5 aromatic rings. The normalized spacial score (nSPS) is 21.9. The van der Waals surface area contributed by atoms with Crippen LogP contribution in [0, 0.1) is 0 Å². The highest BCUT2D eigenvalue weighted by Crippen LogP contribution is 2.48. The number of halogens is 1. The van der Waals surface area contributed by atoms with Gasteiger partial charge >= 0.3 is 0 Å². The maximum atomic E-state index is 13.6. The van der Waals surface area contributed by atoms with E-state index in [0.717, 1.165) is 22.3 Å². The number of methoxy groups -OCH3 is 4. The van der Waals surface area contributed by atoms with Crippen LogP contribution in [-0.2, 0) is 60.5 Å². The molecule has 12 nitrogen and oxygen atoms in total. The number of carbonyl (C=O) groups is 1. The second-order valence-electron chi connectivity index (χ2n) is 14.3. The highest BCUT2D eigenvalue weighted by molar-refractivity contribution is 6.31. The van der Waals surface area contributed by atoms with Crippen molar-refractivity contribution in [3.8, 4) is 28.7 Å². The lowest BCUT2D eigenvalue weighted by Gasteiger charge is -2.55. The minimum atomic E-state index is -2.02. The van der Waals surface area contributed by atoms with Crippen LogP contribution in [0.2, 0.25) is 5.02 Å². The second-order valence-corrected chi connectivity index (χ2v) is 14.7. The number of hydrogen-bond acceptors (Lipinski definition) is 12. The van der Waals surface area contributed by atoms with E-state index in [1.165, 1.54) is 19.6 Å². The fourth-order valence-electron chi connectivity index (χ4n) is 7.35. The van der Waals surface area contributed by atoms with Gasteiger partial charge in [0.1, 0.15) is 48.1 Å². The predicted molar refractivity (Wildman–Crippen MR) is 221 cm³/mol. The van der Waals surface area contributed by atoms with E-state index >= 15 is 0 Å². The molecule has 5 atom stereocenters. The van der Waals surface area contributed by atoms with Crippen LogP contribution in [0.25, 0.3) is 0 Å². The molecule has 2 heterocycles. The number of carbonyl (C=O) groups excluding carboxylic acids is 1. The van der Waals surface area contributed by atoms with Gasteiger partial charge in [-0.15, -0.1) is 0 Å². The Morgan fingerprint density at radius 2 is 1.15 bits per heavy atom. The third kappa shape index (κ3) is 9.15. The molecule has 2 aliphatic rings. The molecule has 0 radical (unpaired) electrons. The Balaban J connectivity index is 1.33. The van der Waals surface area contributed by atoms with Crippen LogP contribution < -0.4 is 23.7 Å². The molecule has 1 N–H and O–H groups in total. The summed E-state index contributed by atoms with van der Waals surface area (Å²) in [5.41, 5.74) is 2.43. The summed E-state index contributed by atoms with van der Waals surface area (Å²) in [4.78, 5) is 13.6. The van der Waals surface area contributed by atoms with Crippen LogP contribution in [-0.4, -0.2) is 70.4 Å². The first-order valence-corrected chi connectivity index (χ1v) is 19.6. The zero-order valence-electron chi connectivity index (χ0n) is 33.7. The Kier molecular flexibility index (Phi) is 13.7. The van der Waals surface area contributed by atoms with E-state index in [9.17, 15) is 9.90 Å². The number of rotatable bonds is 18. The summed E-state index contributed by atoms with van der Waals surface area (Å²) in [6.45, 7) is -0.632. The van der Waals surface area contributed by atoms with Crippen LogP contribution in [0.5, 0.6) is 28.7 Å². The van der Waals surface area contributed by atoms with Crippen molar-refractivity contribution in [1.82, 2.24) is 0 Å².